The highest BCUT2D eigenvalue weighted by molar-refractivity contribution is 5.91. The molecule has 130 valence electrons. The fraction of sp³-hybridized carbons (Fsp3) is 0.857. The number of hydrogen-bond acceptors (Lipinski definition) is 8. The van der Waals surface area contributed by atoms with Crippen LogP contribution < -0.4 is 0 Å². The van der Waals surface area contributed by atoms with Crippen molar-refractivity contribution in [1.82, 2.24) is 0 Å². The van der Waals surface area contributed by atoms with Gasteiger partial charge in [0.1, 0.15) is 25.4 Å². The molecule has 0 saturated carbocycles. The van der Waals surface area contributed by atoms with Crippen LogP contribution >= 0.6 is 0 Å². The van der Waals surface area contributed by atoms with Crippen molar-refractivity contribution >= 4 is 11.9 Å². The number of hydrogen-bond donors (Lipinski definition) is 2. The summed E-state index contributed by atoms with van der Waals surface area (Å²) in [6, 6.07) is 0. The fourth-order valence-corrected chi connectivity index (χ4v) is 1.20. The Balaban J connectivity index is 3.86. The summed E-state index contributed by atoms with van der Waals surface area (Å²) < 4.78 is 19.3. The molecule has 8 nitrogen and oxygen atoms in total. The molecule has 0 radical (unpaired) electrons. The van der Waals surface area contributed by atoms with E-state index in [0.29, 0.717) is 6.42 Å². The summed E-state index contributed by atoms with van der Waals surface area (Å²) in [6.07, 6.45) is 0.0313. The van der Waals surface area contributed by atoms with E-state index in [0.717, 1.165) is 7.11 Å². The zero-order valence-corrected chi connectivity index (χ0v) is 13.6. The lowest BCUT2D eigenvalue weighted by Gasteiger charge is -2.24. The maximum absolute atomic E-state index is 11.3. The molecule has 22 heavy (non-hydrogen) atoms. The Morgan fingerprint density at radius 2 is 1.50 bits per heavy atom. The monoisotopic (exact) mass is 322 g/mol. The lowest BCUT2D eigenvalue weighted by Crippen LogP contribution is -2.38. The number of ether oxygens (including phenoxy) is 4. The molecule has 0 bridgehead atoms. The van der Waals surface area contributed by atoms with Crippen LogP contribution in [-0.4, -0.2) is 67.1 Å². The Morgan fingerprint density at radius 1 is 0.955 bits per heavy atom. The van der Waals surface area contributed by atoms with Crippen LogP contribution in [0.2, 0.25) is 0 Å². The second-order valence-electron chi connectivity index (χ2n) is 5.58. The van der Waals surface area contributed by atoms with Gasteiger partial charge in [-0.05, 0) is 20.3 Å². The third kappa shape index (κ3) is 10.5. The van der Waals surface area contributed by atoms with Crippen LogP contribution in [0, 0.1) is 0 Å². The van der Waals surface area contributed by atoms with E-state index in [1.165, 1.54) is 6.92 Å². The second-order valence-corrected chi connectivity index (χ2v) is 5.58. The molecular formula is C14H26O8. The quantitative estimate of drug-likeness (QED) is 0.236. The van der Waals surface area contributed by atoms with Crippen LogP contribution in [0.15, 0.2) is 0 Å². The summed E-state index contributed by atoms with van der Waals surface area (Å²) in [6.45, 7) is 4.44. The van der Waals surface area contributed by atoms with Gasteiger partial charge in [0.2, 0.25) is 0 Å². The topological polar surface area (TPSA) is 112 Å². The van der Waals surface area contributed by atoms with Gasteiger partial charge in [-0.25, -0.2) is 0 Å². The Hall–Kier alpha value is -1.22. The zero-order valence-electron chi connectivity index (χ0n) is 13.6. The van der Waals surface area contributed by atoms with E-state index in [4.69, 9.17) is 14.2 Å². The molecular weight excluding hydrogens is 296 g/mol. The van der Waals surface area contributed by atoms with Gasteiger partial charge < -0.3 is 29.2 Å². The molecule has 0 aromatic carbocycles. The first-order valence-corrected chi connectivity index (χ1v) is 6.94. The first-order valence-electron chi connectivity index (χ1n) is 6.94. The van der Waals surface area contributed by atoms with Gasteiger partial charge in [0, 0.05) is 0 Å². The lowest BCUT2D eigenvalue weighted by atomic mass is 10.1. The van der Waals surface area contributed by atoms with E-state index in [9.17, 15) is 19.8 Å². The van der Waals surface area contributed by atoms with E-state index >= 15 is 0 Å². The molecule has 0 saturated heterocycles. The van der Waals surface area contributed by atoms with E-state index < -0.39 is 29.6 Å². The van der Waals surface area contributed by atoms with Gasteiger partial charge in [-0.15, -0.1) is 0 Å². The van der Waals surface area contributed by atoms with Crippen molar-refractivity contribution in [3.8, 4) is 0 Å². The smallest absolute Gasteiger partial charge is 0.317 e. The maximum Gasteiger partial charge on any atom is 0.317 e. The first kappa shape index (κ1) is 20.8. The predicted molar refractivity (Wildman–Crippen MR) is 75.9 cm³/mol. The molecule has 0 aliphatic carbocycles. The molecule has 2 N–H and O–H groups in total. The highest BCUT2D eigenvalue weighted by Crippen LogP contribution is 2.09. The predicted octanol–water partition coefficient (Wildman–Crippen LogP) is -0.00460. The van der Waals surface area contributed by atoms with Gasteiger partial charge in [0.15, 0.2) is 0 Å². The molecule has 0 spiro atoms. The van der Waals surface area contributed by atoms with Crippen molar-refractivity contribution < 1.29 is 38.7 Å². The van der Waals surface area contributed by atoms with Gasteiger partial charge in [-0.2, -0.15) is 0 Å². The Morgan fingerprint density at radius 3 is 2.00 bits per heavy atom. The minimum Gasteiger partial charge on any atom is -0.469 e. The Kier molecular flexibility index (Phi) is 9.19. The lowest BCUT2D eigenvalue weighted by molar-refractivity contribution is -0.166. The SMILES string of the molecule is CCC(C)(O)COCOCC(C)(O)COC(=O)CC(=O)OC. The van der Waals surface area contributed by atoms with E-state index in [1.54, 1.807) is 6.92 Å². The highest BCUT2D eigenvalue weighted by Gasteiger charge is 2.24. The largest absolute Gasteiger partial charge is 0.469 e. The summed E-state index contributed by atoms with van der Waals surface area (Å²) in [5.41, 5.74) is -2.34. The van der Waals surface area contributed by atoms with Gasteiger partial charge in [-0.1, -0.05) is 6.92 Å². The van der Waals surface area contributed by atoms with Crippen LogP contribution in [0.25, 0.3) is 0 Å². The summed E-state index contributed by atoms with van der Waals surface area (Å²) >= 11 is 0. The minimum absolute atomic E-state index is 0.109. The molecule has 0 fully saturated rings. The van der Waals surface area contributed by atoms with Gasteiger partial charge in [-0.3, -0.25) is 9.59 Å². The van der Waals surface area contributed by atoms with Crippen LogP contribution in [0.3, 0.4) is 0 Å². The third-order valence-corrected chi connectivity index (χ3v) is 2.81. The van der Waals surface area contributed by atoms with Crippen LogP contribution in [0.1, 0.15) is 33.6 Å². The number of aliphatic hydroxyl groups is 2. The third-order valence-electron chi connectivity index (χ3n) is 2.81. The average molecular weight is 322 g/mol. The molecule has 2 atom stereocenters. The molecule has 0 aliphatic rings. The van der Waals surface area contributed by atoms with Crippen molar-refractivity contribution in [3.63, 3.8) is 0 Å². The van der Waals surface area contributed by atoms with Crippen LogP contribution in [0.4, 0.5) is 0 Å². The van der Waals surface area contributed by atoms with E-state index in [1.807, 2.05) is 6.92 Å². The van der Waals surface area contributed by atoms with Crippen molar-refractivity contribution in [3.05, 3.63) is 0 Å². The van der Waals surface area contributed by atoms with Gasteiger partial charge >= 0.3 is 11.9 Å². The van der Waals surface area contributed by atoms with Crippen LogP contribution in [-0.2, 0) is 28.5 Å². The van der Waals surface area contributed by atoms with Crippen molar-refractivity contribution in [1.29, 1.82) is 0 Å². The van der Waals surface area contributed by atoms with Gasteiger partial charge in [0.25, 0.3) is 0 Å². The number of methoxy groups -OCH3 is 1. The summed E-state index contributed by atoms with van der Waals surface area (Å²) in [5, 5.41) is 19.6. The molecule has 0 aliphatic heterocycles. The number of esters is 2. The Bertz CT molecular complexity index is 351. The standard InChI is InChI=1S/C14H26O8/c1-5-13(2,17)7-20-10-21-8-14(3,18)9-22-12(16)6-11(15)19-4/h17-18H,5-10H2,1-4H3. The van der Waals surface area contributed by atoms with Crippen molar-refractivity contribution in [2.75, 3.05) is 33.7 Å². The summed E-state index contributed by atoms with van der Waals surface area (Å²) in [7, 11) is 1.16. The normalized spacial score (nSPS) is 16.5. The van der Waals surface area contributed by atoms with Crippen LogP contribution in [0.5, 0.6) is 0 Å². The molecule has 8 heteroatoms. The molecule has 0 aromatic heterocycles. The minimum atomic E-state index is -1.41. The first-order chi connectivity index (χ1) is 10.1. The summed E-state index contributed by atoms with van der Waals surface area (Å²) in [5.74, 6) is -1.50. The second kappa shape index (κ2) is 9.73. The molecule has 0 rings (SSSR count). The van der Waals surface area contributed by atoms with Crippen molar-refractivity contribution in [2.45, 2.75) is 44.8 Å². The number of rotatable bonds is 11. The summed E-state index contributed by atoms with van der Waals surface area (Å²) in [4.78, 5) is 22.1. The number of carbonyl (C=O) groups is 2. The molecule has 0 heterocycles. The molecule has 0 aromatic rings. The maximum atomic E-state index is 11.3. The molecule has 2 unspecified atom stereocenters. The Labute approximate surface area is 130 Å². The highest BCUT2D eigenvalue weighted by atomic mass is 16.7. The van der Waals surface area contributed by atoms with Crippen molar-refractivity contribution in [2.24, 2.45) is 0 Å². The zero-order chi connectivity index (χ0) is 17.2. The fourth-order valence-electron chi connectivity index (χ4n) is 1.20. The van der Waals surface area contributed by atoms with E-state index in [2.05, 4.69) is 4.74 Å². The van der Waals surface area contributed by atoms with E-state index in [-0.39, 0.29) is 26.6 Å². The molecule has 0 amide bonds. The average Bonchev–Trinajstić information content (AvgIpc) is 2.44. The van der Waals surface area contributed by atoms with Gasteiger partial charge in [0.05, 0.1) is 25.9 Å². The number of carbonyl (C=O) groups excluding carboxylic acids is 2.